The van der Waals surface area contributed by atoms with Crippen LogP contribution in [0, 0.1) is 0 Å². The summed E-state index contributed by atoms with van der Waals surface area (Å²) in [5.41, 5.74) is 2.49. The van der Waals surface area contributed by atoms with Crippen molar-refractivity contribution in [2.75, 3.05) is 25.5 Å². The highest BCUT2D eigenvalue weighted by Crippen LogP contribution is 2.27. The van der Waals surface area contributed by atoms with Gasteiger partial charge in [0.05, 0.1) is 18.1 Å². The maximum absolute atomic E-state index is 4.44. The van der Waals surface area contributed by atoms with Gasteiger partial charge in [0.25, 0.3) is 0 Å². The molecule has 0 spiro atoms. The van der Waals surface area contributed by atoms with E-state index in [-0.39, 0.29) is 0 Å². The highest BCUT2D eigenvalue weighted by molar-refractivity contribution is 5.29. The standard InChI is InChI=1S/C16H20N4/c1-17-16-10-18-15(9-19-16)12-20-8-7-14(11-20)13-5-3-2-4-6-13/h2-6,9-10,14H,7-8,11-12H2,1H3,(H,17,19). The second-order valence-corrected chi connectivity index (χ2v) is 5.27. The zero-order valence-corrected chi connectivity index (χ0v) is 11.8. The van der Waals surface area contributed by atoms with E-state index in [0.29, 0.717) is 5.92 Å². The molecule has 0 aliphatic carbocycles. The molecule has 1 aromatic heterocycles. The molecule has 1 fully saturated rings. The minimum Gasteiger partial charge on any atom is -0.372 e. The van der Waals surface area contributed by atoms with Crippen LogP contribution in [0.15, 0.2) is 42.7 Å². The Hall–Kier alpha value is -1.94. The van der Waals surface area contributed by atoms with Crippen molar-refractivity contribution in [2.24, 2.45) is 0 Å². The Morgan fingerprint density at radius 1 is 1.20 bits per heavy atom. The van der Waals surface area contributed by atoms with Crippen LogP contribution in [0.3, 0.4) is 0 Å². The summed E-state index contributed by atoms with van der Waals surface area (Å²) in [6, 6.07) is 10.8. The molecule has 1 N–H and O–H groups in total. The Bertz CT molecular complexity index is 538. The van der Waals surface area contributed by atoms with Crippen LogP contribution in [0.2, 0.25) is 0 Å². The summed E-state index contributed by atoms with van der Waals surface area (Å²) in [5, 5.41) is 2.99. The van der Waals surface area contributed by atoms with Crippen molar-refractivity contribution >= 4 is 5.82 Å². The first-order valence-corrected chi connectivity index (χ1v) is 7.11. The number of nitrogens with zero attached hydrogens (tertiary/aromatic N) is 3. The van der Waals surface area contributed by atoms with E-state index in [2.05, 4.69) is 50.5 Å². The lowest BCUT2D eigenvalue weighted by Crippen LogP contribution is -2.20. The SMILES string of the molecule is CNc1cnc(CN2CCC(c3ccccc3)C2)cn1. The average Bonchev–Trinajstić information content (AvgIpc) is 2.97. The number of hydrogen-bond donors (Lipinski definition) is 1. The van der Waals surface area contributed by atoms with Gasteiger partial charge in [-0.2, -0.15) is 0 Å². The van der Waals surface area contributed by atoms with Crippen molar-refractivity contribution in [1.82, 2.24) is 14.9 Å². The summed E-state index contributed by atoms with van der Waals surface area (Å²) in [5.74, 6) is 1.47. The molecule has 0 saturated carbocycles. The number of rotatable bonds is 4. The Morgan fingerprint density at radius 3 is 2.75 bits per heavy atom. The van der Waals surface area contributed by atoms with E-state index < -0.39 is 0 Å². The maximum atomic E-state index is 4.44. The van der Waals surface area contributed by atoms with Crippen LogP contribution in [-0.4, -0.2) is 35.0 Å². The third-order valence-corrected chi connectivity index (χ3v) is 3.89. The van der Waals surface area contributed by atoms with Gasteiger partial charge in [-0.15, -0.1) is 0 Å². The molecule has 1 aromatic carbocycles. The Labute approximate surface area is 119 Å². The number of nitrogens with one attached hydrogen (secondary N) is 1. The summed E-state index contributed by atoms with van der Waals surface area (Å²) in [4.78, 5) is 11.2. The lowest BCUT2D eigenvalue weighted by atomic mass is 9.99. The lowest BCUT2D eigenvalue weighted by molar-refractivity contribution is 0.322. The molecule has 1 unspecified atom stereocenters. The zero-order valence-electron chi connectivity index (χ0n) is 11.8. The van der Waals surface area contributed by atoms with Gasteiger partial charge in [-0.25, -0.2) is 4.98 Å². The topological polar surface area (TPSA) is 41.1 Å². The predicted octanol–water partition coefficient (Wildman–Crippen LogP) is 2.51. The van der Waals surface area contributed by atoms with Crippen molar-refractivity contribution < 1.29 is 0 Å². The molecule has 1 atom stereocenters. The number of anilines is 1. The van der Waals surface area contributed by atoms with E-state index in [1.54, 1.807) is 6.20 Å². The molecule has 1 aliphatic rings. The van der Waals surface area contributed by atoms with E-state index in [4.69, 9.17) is 0 Å². The summed E-state index contributed by atoms with van der Waals surface area (Å²) in [6.07, 6.45) is 4.88. The van der Waals surface area contributed by atoms with Gasteiger partial charge in [0, 0.05) is 20.1 Å². The van der Waals surface area contributed by atoms with E-state index >= 15 is 0 Å². The van der Waals surface area contributed by atoms with Crippen molar-refractivity contribution in [1.29, 1.82) is 0 Å². The highest BCUT2D eigenvalue weighted by Gasteiger charge is 2.23. The number of hydrogen-bond acceptors (Lipinski definition) is 4. The van der Waals surface area contributed by atoms with Crippen LogP contribution in [0.5, 0.6) is 0 Å². The second-order valence-electron chi connectivity index (χ2n) is 5.27. The van der Waals surface area contributed by atoms with Crippen molar-refractivity contribution in [3.05, 3.63) is 54.0 Å². The molecule has 104 valence electrons. The first-order valence-electron chi connectivity index (χ1n) is 7.11. The Balaban J connectivity index is 1.60. The van der Waals surface area contributed by atoms with Gasteiger partial charge < -0.3 is 5.32 Å². The van der Waals surface area contributed by atoms with Crippen LogP contribution in [0.1, 0.15) is 23.6 Å². The molecule has 4 nitrogen and oxygen atoms in total. The summed E-state index contributed by atoms with van der Waals surface area (Å²) in [7, 11) is 1.86. The van der Waals surface area contributed by atoms with E-state index in [0.717, 1.165) is 31.1 Å². The Morgan fingerprint density at radius 2 is 2.05 bits per heavy atom. The highest BCUT2D eigenvalue weighted by atomic mass is 15.2. The molecule has 4 heteroatoms. The minimum atomic E-state index is 0.653. The predicted molar refractivity (Wildman–Crippen MR) is 80.7 cm³/mol. The fraction of sp³-hybridized carbons (Fsp3) is 0.375. The van der Waals surface area contributed by atoms with Gasteiger partial charge in [-0.1, -0.05) is 30.3 Å². The third-order valence-electron chi connectivity index (χ3n) is 3.89. The lowest BCUT2D eigenvalue weighted by Gasteiger charge is -2.15. The van der Waals surface area contributed by atoms with Crippen molar-refractivity contribution in [3.8, 4) is 0 Å². The molecular formula is C16H20N4. The van der Waals surface area contributed by atoms with Crippen LogP contribution in [0.25, 0.3) is 0 Å². The van der Waals surface area contributed by atoms with E-state index in [1.807, 2.05) is 13.2 Å². The molecule has 1 aliphatic heterocycles. The molecule has 0 amide bonds. The van der Waals surface area contributed by atoms with Gasteiger partial charge in [-0.3, -0.25) is 9.88 Å². The van der Waals surface area contributed by atoms with E-state index in [1.165, 1.54) is 12.0 Å². The second kappa shape index (κ2) is 6.01. The van der Waals surface area contributed by atoms with Gasteiger partial charge in [0.15, 0.2) is 0 Å². The van der Waals surface area contributed by atoms with Gasteiger partial charge >= 0.3 is 0 Å². The Kier molecular flexibility index (Phi) is 3.92. The summed E-state index contributed by atoms with van der Waals surface area (Å²) < 4.78 is 0. The molecule has 0 radical (unpaired) electrons. The normalized spacial score (nSPS) is 19.1. The number of aromatic nitrogens is 2. The van der Waals surface area contributed by atoms with Gasteiger partial charge in [-0.05, 0) is 24.4 Å². The van der Waals surface area contributed by atoms with Gasteiger partial charge in [0.1, 0.15) is 5.82 Å². The molecule has 1 saturated heterocycles. The fourth-order valence-corrected chi connectivity index (χ4v) is 2.77. The van der Waals surface area contributed by atoms with E-state index in [9.17, 15) is 0 Å². The maximum Gasteiger partial charge on any atom is 0.144 e. The third kappa shape index (κ3) is 2.96. The van der Waals surface area contributed by atoms with Crippen LogP contribution >= 0.6 is 0 Å². The van der Waals surface area contributed by atoms with Crippen LogP contribution in [0.4, 0.5) is 5.82 Å². The summed E-state index contributed by atoms with van der Waals surface area (Å²) in [6.45, 7) is 3.13. The van der Waals surface area contributed by atoms with Crippen molar-refractivity contribution in [3.63, 3.8) is 0 Å². The van der Waals surface area contributed by atoms with Gasteiger partial charge in [0.2, 0.25) is 0 Å². The number of benzene rings is 1. The minimum absolute atomic E-state index is 0.653. The average molecular weight is 268 g/mol. The number of likely N-dealkylation sites (tertiary alicyclic amines) is 1. The molecule has 2 heterocycles. The van der Waals surface area contributed by atoms with Crippen LogP contribution < -0.4 is 5.32 Å². The zero-order chi connectivity index (χ0) is 13.8. The molecule has 20 heavy (non-hydrogen) atoms. The molecule has 2 aromatic rings. The quantitative estimate of drug-likeness (QED) is 0.925. The molecular weight excluding hydrogens is 248 g/mol. The first-order chi connectivity index (χ1) is 9.85. The molecule has 0 bridgehead atoms. The largest absolute Gasteiger partial charge is 0.372 e. The monoisotopic (exact) mass is 268 g/mol. The van der Waals surface area contributed by atoms with Crippen LogP contribution in [-0.2, 0) is 6.54 Å². The first kappa shape index (κ1) is 13.1. The molecule has 3 rings (SSSR count). The fourth-order valence-electron chi connectivity index (χ4n) is 2.77. The smallest absolute Gasteiger partial charge is 0.144 e. The summed E-state index contributed by atoms with van der Waals surface area (Å²) >= 11 is 0. The van der Waals surface area contributed by atoms with Crippen molar-refractivity contribution in [2.45, 2.75) is 18.9 Å².